The van der Waals surface area contributed by atoms with Crippen molar-refractivity contribution < 1.29 is 40.1 Å². The van der Waals surface area contributed by atoms with E-state index in [1.807, 2.05) is 32.9 Å². The van der Waals surface area contributed by atoms with E-state index in [-0.39, 0.29) is 37.5 Å². The largest absolute Gasteiger partial charge is 0.491 e. The fraction of sp³-hybridized carbons (Fsp3) is 0.480. The minimum atomic E-state index is -0.971. The Kier molecular flexibility index (Phi) is 8.84. The number of hydrogen-bond donors (Lipinski definition) is 5. The molecule has 35 heavy (non-hydrogen) atoms. The molecule has 3 atom stereocenters. The maximum atomic E-state index is 13.2. The monoisotopic (exact) mass is 490 g/mol. The van der Waals surface area contributed by atoms with Crippen molar-refractivity contribution in [1.82, 2.24) is 10.3 Å². The van der Waals surface area contributed by atoms with Crippen molar-refractivity contribution in [3.8, 4) is 5.75 Å². The van der Waals surface area contributed by atoms with E-state index in [4.69, 9.17) is 15.2 Å². The topological polar surface area (TPSA) is 143 Å². The van der Waals surface area contributed by atoms with E-state index in [1.165, 1.54) is 0 Å². The Morgan fingerprint density at radius 3 is 2.34 bits per heavy atom. The number of carbonyl (C=O) groups excluding carboxylic acids is 1. The molecule has 0 saturated heterocycles. The second kappa shape index (κ2) is 11.4. The lowest BCUT2D eigenvalue weighted by molar-refractivity contribution is -0.497. The first-order valence-corrected chi connectivity index (χ1v) is 11.4. The van der Waals surface area contributed by atoms with Gasteiger partial charge in [-0.2, -0.15) is 0 Å². The highest BCUT2D eigenvalue weighted by molar-refractivity contribution is 5.94. The lowest BCUT2D eigenvalue weighted by Crippen LogP contribution is -2.50. The third-order valence-corrected chi connectivity index (χ3v) is 5.94. The molecular weight excluding hydrogens is 456 g/mol. The SMILES string of the molecule is CC(C)(C)N(CC(O)COc1cccc2c1C[C@@H](O)[C@@H](O)C2)C(=O)c1ccc(CON(O)O)cc1. The van der Waals surface area contributed by atoms with Crippen molar-refractivity contribution in [2.45, 2.75) is 64.1 Å². The van der Waals surface area contributed by atoms with Gasteiger partial charge in [0.15, 0.2) is 0 Å². The predicted octanol–water partition coefficient (Wildman–Crippen LogP) is 1.70. The molecule has 1 unspecified atom stereocenters. The zero-order valence-electron chi connectivity index (χ0n) is 20.2. The number of fused-ring (bicyclic) bond motifs is 1. The summed E-state index contributed by atoms with van der Waals surface area (Å²) in [6, 6.07) is 12.0. The molecule has 0 radical (unpaired) electrons. The van der Waals surface area contributed by atoms with E-state index in [1.54, 1.807) is 35.2 Å². The van der Waals surface area contributed by atoms with Crippen LogP contribution in [0.25, 0.3) is 0 Å². The van der Waals surface area contributed by atoms with E-state index >= 15 is 0 Å². The molecule has 5 N–H and O–H groups in total. The Morgan fingerprint density at radius 2 is 1.71 bits per heavy atom. The molecule has 2 aromatic rings. The molecule has 1 aliphatic carbocycles. The first-order chi connectivity index (χ1) is 16.5. The summed E-state index contributed by atoms with van der Waals surface area (Å²) in [4.78, 5) is 19.4. The molecule has 1 aliphatic rings. The summed E-state index contributed by atoms with van der Waals surface area (Å²) in [5.74, 6) is 0.271. The number of benzene rings is 2. The lowest BCUT2D eigenvalue weighted by Gasteiger charge is -2.37. The fourth-order valence-electron chi connectivity index (χ4n) is 4.02. The molecule has 0 heterocycles. The molecule has 0 aliphatic heterocycles. The quantitative estimate of drug-likeness (QED) is 0.332. The van der Waals surface area contributed by atoms with Crippen molar-refractivity contribution >= 4 is 5.91 Å². The summed E-state index contributed by atoms with van der Waals surface area (Å²) in [5, 5.41) is 47.6. The zero-order valence-corrected chi connectivity index (χ0v) is 20.2. The normalized spacial score (nSPS) is 18.8. The maximum Gasteiger partial charge on any atom is 0.254 e. The zero-order chi connectivity index (χ0) is 25.8. The van der Waals surface area contributed by atoms with Crippen LogP contribution in [0.15, 0.2) is 42.5 Å². The van der Waals surface area contributed by atoms with Gasteiger partial charge in [-0.05, 0) is 50.1 Å². The molecule has 2 aromatic carbocycles. The minimum absolute atomic E-state index is 0.0353. The molecule has 0 saturated carbocycles. The van der Waals surface area contributed by atoms with Gasteiger partial charge in [0.2, 0.25) is 0 Å². The van der Waals surface area contributed by atoms with Crippen LogP contribution in [-0.2, 0) is 24.3 Å². The number of hydrogen-bond acceptors (Lipinski definition) is 9. The van der Waals surface area contributed by atoms with Gasteiger partial charge in [0.1, 0.15) is 18.5 Å². The smallest absolute Gasteiger partial charge is 0.254 e. The van der Waals surface area contributed by atoms with E-state index < -0.39 is 23.9 Å². The second-order valence-electron chi connectivity index (χ2n) is 9.71. The van der Waals surface area contributed by atoms with Gasteiger partial charge in [-0.15, -0.1) is 0 Å². The molecule has 0 spiro atoms. The van der Waals surface area contributed by atoms with E-state index in [2.05, 4.69) is 4.84 Å². The van der Waals surface area contributed by atoms with Gasteiger partial charge in [0.25, 0.3) is 5.91 Å². The standard InChI is InChI=1S/C25H34N2O8/c1-25(2,3)26(24(31)17-9-7-16(8-10-17)14-35-27(32)33)13-19(28)15-34-23-6-4-5-18-11-21(29)22(30)12-20(18)23/h4-10,19,21-22,28-30,32-33H,11-15H2,1-3H3/t19?,21-,22+/m0/s1. The molecular formula is C25H34N2O8. The van der Waals surface area contributed by atoms with Crippen LogP contribution in [0.2, 0.25) is 0 Å². The van der Waals surface area contributed by atoms with Crippen LogP contribution in [0.3, 0.4) is 0 Å². The molecule has 192 valence electrons. The fourth-order valence-corrected chi connectivity index (χ4v) is 4.02. The van der Waals surface area contributed by atoms with E-state index in [9.17, 15) is 20.1 Å². The number of nitrogens with zero attached hydrogens (tertiary/aromatic N) is 2. The third-order valence-electron chi connectivity index (χ3n) is 5.94. The summed E-state index contributed by atoms with van der Waals surface area (Å²) in [7, 11) is 0. The molecule has 0 bridgehead atoms. The number of amides is 1. The maximum absolute atomic E-state index is 13.2. The number of ether oxygens (including phenoxy) is 1. The highest BCUT2D eigenvalue weighted by atomic mass is 17.1. The summed E-state index contributed by atoms with van der Waals surface area (Å²) in [6.45, 7) is 5.52. The Morgan fingerprint density at radius 1 is 1.06 bits per heavy atom. The van der Waals surface area contributed by atoms with Crippen molar-refractivity contribution in [2.24, 2.45) is 0 Å². The van der Waals surface area contributed by atoms with Crippen LogP contribution in [0.5, 0.6) is 5.75 Å². The van der Waals surface area contributed by atoms with Crippen LogP contribution in [0.4, 0.5) is 0 Å². The van der Waals surface area contributed by atoms with Crippen molar-refractivity contribution in [3.63, 3.8) is 0 Å². The Balaban J connectivity index is 1.65. The van der Waals surface area contributed by atoms with Gasteiger partial charge in [-0.3, -0.25) is 15.2 Å². The predicted molar refractivity (Wildman–Crippen MR) is 125 cm³/mol. The number of rotatable bonds is 9. The molecule has 1 amide bonds. The van der Waals surface area contributed by atoms with Crippen molar-refractivity contribution in [2.75, 3.05) is 13.2 Å². The van der Waals surface area contributed by atoms with Crippen LogP contribution in [0.1, 0.15) is 47.8 Å². The van der Waals surface area contributed by atoms with Gasteiger partial charge in [-0.1, -0.05) is 24.3 Å². The number of β-amino-alcohol motifs (C(OH)–C–C–N with tert-alkyl or cyclic N) is 1. The molecule has 3 rings (SSSR count). The van der Waals surface area contributed by atoms with Gasteiger partial charge in [0.05, 0.1) is 30.7 Å². The molecule has 0 aromatic heterocycles. The second-order valence-corrected chi connectivity index (χ2v) is 9.71. The van der Waals surface area contributed by atoms with Crippen LogP contribution in [0, 0.1) is 0 Å². The Bertz CT molecular complexity index is 990. The number of aliphatic hydroxyl groups is 3. The van der Waals surface area contributed by atoms with Crippen molar-refractivity contribution in [3.05, 3.63) is 64.7 Å². The number of carbonyl (C=O) groups is 1. The summed E-state index contributed by atoms with van der Waals surface area (Å²) in [5.41, 5.74) is 2.18. The number of aliphatic hydroxyl groups excluding tert-OH is 3. The lowest BCUT2D eigenvalue weighted by atomic mass is 9.87. The van der Waals surface area contributed by atoms with E-state index in [0.717, 1.165) is 11.1 Å². The minimum Gasteiger partial charge on any atom is -0.491 e. The van der Waals surface area contributed by atoms with Gasteiger partial charge in [-0.25, -0.2) is 4.84 Å². The third kappa shape index (κ3) is 7.21. The van der Waals surface area contributed by atoms with Gasteiger partial charge < -0.3 is 25.0 Å². The summed E-state index contributed by atoms with van der Waals surface area (Å²) >= 11 is 0. The highest BCUT2D eigenvalue weighted by Gasteiger charge is 2.30. The first-order valence-electron chi connectivity index (χ1n) is 11.4. The Labute approximate surface area is 204 Å². The molecule has 0 fully saturated rings. The average Bonchev–Trinajstić information content (AvgIpc) is 2.80. The Hall–Kier alpha value is -2.57. The van der Waals surface area contributed by atoms with Crippen LogP contribution in [-0.4, -0.2) is 78.9 Å². The summed E-state index contributed by atoms with van der Waals surface area (Å²) in [6.07, 6.45) is -2.04. The summed E-state index contributed by atoms with van der Waals surface area (Å²) < 4.78 is 5.87. The van der Waals surface area contributed by atoms with Gasteiger partial charge >= 0.3 is 0 Å². The van der Waals surface area contributed by atoms with Crippen molar-refractivity contribution in [1.29, 1.82) is 0 Å². The highest BCUT2D eigenvalue weighted by Crippen LogP contribution is 2.30. The first kappa shape index (κ1) is 27.0. The average molecular weight is 491 g/mol. The molecule has 10 heteroatoms. The van der Waals surface area contributed by atoms with E-state index in [0.29, 0.717) is 23.3 Å². The van der Waals surface area contributed by atoms with Crippen LogP contribution < -0.4 is 4.74 Å². The van der Waals surface area contributed by atoms with Crippen LogP contribution >= 0.6 is 0 Å². The molecule has 10 nitrogen and oxygen atoms in total. The van der Waals surface area contributed by atoms with Gasteiger partial charge in [0, 0.05) is 29.5 Å².